The Morgan fingerprint density at radius 1 is 1.67 bits per heavy atom. The molecule has 0 atom stereocenters. The number of hydrogen-bond acceptors (Lipinski definition) is 2. The van der Waals surface area contributed by atoms with Crippen molar-refractivity contribution in [1.29, 1.82) is 0 Å². The van der Waals surface area contributed by atoms with Crippen LogP contribution in [0.3, 0.4) is 0 Å². The van der Waals surface area contributed by atoms with Gasteiger partial charge in [-0.1, -0.05) is 0 Å². The first-order chi connectivity index (χ1) is 5.59. The number of carbonyl (C=O) groups excluding carboxylic acids is 1. The van der Waals surface area contributed by atoms with Crippen molar-refractivity contribution in [2.24, 2.45) is 4.99 Å². The molecule has 1 rings (SSSR count). The molecule has 1 aromatic rings. The molecule has 0 bridgehead atoms. The zero-order valence-electron chi connectivity index (χ0n) is 6.36. The van der Waals surface area contributed by atoms with E-state index in [1.54, 1.807) is 6.07 Å². The summed E-state index contributed by atoms with van der Waals surface area (Å²) in [6, 6.07) is 3.22. The maximum atomic E-state index is 10.5. The van der Waals surface area contributed by atoms with Crippen molar-refractivity contribution in [2.45, 2.75) is 6.92 Å². The number of pyridine rings is 1. The Labute approximate surface area is 77.3 Å². The van der Waals surface area contributed by atoms with Gasteiger partial charge in [0.05, 0.1) is 6.20 Å². The molecular formula is C7H7BrN2O2. The molecule has 0 spiro atoms. The van der Waals surface area contributed by atoms with Gasteiger partial charge in [0.1, 0.15) is 0 Å². The normalized spacial score (nSPS) is 11.7. The van der Waals surface area contributed by atoms with Crippen LogP contribution in [0.5, 0.6) is 0 Å². The number of halogens is 1. The van der Waals surface area contributed by atoms with E-state index < -0.39 is 0 Å². The van der Waals surface area contributed by atoms with Crippen molar-refractivity contribution in [2.75, 3.05) is 0 Å². The molecule has 64 valence electrons. The summed E-state index contributed by atoms with van der Waals surface area (Å²) in [6.07, 6.45) is 1.40. The quantitative estimate of drug-likeness (QED) is 0.675. The van der Waals surface area contributed by atoms with E-state index in [1.165, 1.54) is 19.2 Å². The molecule has 5 heteroatoms. The van der Waals surface area contributed by atoms with Crippen molar-refractivity contribution in [1.82, 2.24) is 4.73 Å². The van der Waals surface area contributed by atoms with Crippen LogP contribution in [-0.4, -0.2) is 15.8 Å². The molecule has 1 N–H and O–H groups in total. The monoisotopic (exact) mass is 230 g/mol. The lowest BCUT2D eigenvalue weighted by molar-refractivity contribution is -0.116. The van der Waals surface area contributed by atoms with Gasteiger partial charge < -0.3 is 5.21 Å². The van der Waals surface area contributed by atoms with Crippen LogP contribution in [0.25, 0.3) is 0 Å². The Balaban J connectivity index is 3.27. The molecule has 12 heavy (non-hydrogen) atoms. The van der Waals surface area contributed by atoms with Gasteiger partial charge in [-0.05, 0) is 28.1 Å². The first-order valence-corrected chi connectivity index (χ1v) is 4.01. The summed E-state index contributed by atoms with van der Waals surface area (Å²) < 4.78 is 1.50. The van der Waals surface area contributed by atoms with E-state index in [4.69, 9.17) is 0 Å². The number of carbonyl (C=O) groups is 1. The van der Waals surface area contributed by atoms with Gasteiger partial charge in [-0.2, -0.15) is 9.72 Å². The van der Waals surface area contributed by atoms with Crippen molar-refractivity contribution >= 4 is 21.8 Å². The zero-order chi connectivity index (χ0) is 9.14. The minimum atomic E-state index is -0.347. The molecular weight excluding hydrogens is 224 g/mol. The van der Waals surface area contributed by atoms with Gasteiger partial charge in [0.15, 0.2) is 5.49 Å². The highest BCUT2D eigenvalue weighted by Gasteiger charge is 1.92. The molecule has 0 aliphatic carbocycles. The van der Waals surface area contributed by atoms with E-state index in [0.29, 0.717) is 4.47 Å². The molecule has 1 heterocycles. The van der Waals surface area contributed by atoms with Gasteiger partial charge >= 0.3 is 0 Å². The Bertz CT molecular complexity index is 370. The van der Waals surface area contributed by atoms with Crippen molar-refractivity contribution in [3.63, 3.8) is 0 Å². The first kappa shape index (κ1) is 8.99. The van der Waals surface area contributed by atoms with Gasteiger partial charge in [-0.3, -0.25) is 4.79 Å². The van der Waals surface area contributed by atoms with E-state index in [1.807, 2.05) is 0 Å². The van der Waals surface area contributed by atoms with Crippen LogP contribution in [-0.2, 0) is 4.79 Å². The first-order valence-electron chi connectivity index (χ1n) is 3.22. The van der Waals surface area contributed by atoms with Crippen molar-refractivity contribution in [3.05, 3.63) is 28.3 Å². The highest BCUT2D eigenvalue weighted by Crippen LogP contribution is 2.03. The Kier molecular flexibility index (Phi) is 2.65. The summed E-state index contributed by atoms with van der Waals surface area (Å²) in [6.45, 7) is 1.32. The van der Waals surface area contributed by atoms with Crippen LogP contribution in [0.1, 0.15) is 6.92 Å². The summed E-state index contributed by atoms with van der Waals surface area (Å²) in [5.74, 6) is -0.347. The Morgan fingerprint density at radius 2 is 2.33 bits per heavy atom. The van der Waals surface area contributed by atoms with Crippen LogP contribution in [0.2, 0.25) is 0 Å². The number of rotatable bonds is 0. The molecule has 0 fully saturated rings. The molecule has 1 amide bonds. The largest absolute Gasteiger partial charge is 0.427 e. The van der Waals surface area contributed by atoms with Crippen LogP contribution in [0.4, 0.5) is 0 Å². The average Bonchev–Trinajstić information content (AvgIpc) is 1.94. The number of nitrogens with zero attached hydrogens (tertiary/aromatic N) is 2. The lowest BCUT2D eigenvalue weighted by Crippen LogP contribution is -2.18. The molecule has 0 unspecified atom stereocenters. The minimum Gasteiger partial charge on any atom is -0.427 e. The van der Waals surface area contributed by atoms with Crippen LogP contribution in [0, 0.1) is 0 Å². The van der Waals surface area contributed by atoms with Gasteiger partial charge in [0.25, 0.3) is 0 Å². The van der Waals surface area contributed by atoms with Crippen molar-refractivity contribution < 1.29 is 10.0 Å². The molecule has 4 nitrogen and oxygen atoms in total. The standard InChI is InChI=1S/C7H7BrN2O2/c1-5(11)9-7-3-2-6(8)4-10(7)12/h2-4,12H,1H3. The smallest absolute Gasteiger partial charge is 0.244 e. The lowest BCUT2D eigenvalue weighted by atomic mass is 10.5. The fourth-order valence-corrected chi connectivity index (χ4v) is 1.03. The summed E-state index contributed by atoms with van der Waals surface area (Å²) in [5, 5.41) is 9.18. The highest BCUT2D eigenvalue weighted by molar-refractivity contribution is 9.10. The fraction of sp³-hybridized carbons (Fsp3) is 0.143. The maximum absolute atomic E-state index is 10.5. The highest BCUT2D eigenvalue weighted by atomic mass is 79.9. The summed E-state index contributed by atoms with van der Waals surface area (Å²) in [4.78, 5) is 14.1. The Morgan fingerprint density at radius 3 is 2.83 bits per heavy atom. The molecule has 0 aliphatic heterocycles. The predicted octanol–water partition coefficient (Wildman–Crippen LogP) is 0.935. The van der Waals surface area contributed by atoms with E-state index in [2.05, 4.69) is 20.9 Å². The van der Waals surface area contributed by atoms with Gasteiger partial charge in [-0.25, -0.2) is 0 Å². The number of amides is 1. The summed E-state index contributed by atoms with van der Waals surface area (Å²) >= 11 is 3.16. The molecule has 0 aromatic carbocycles. The molecule has 0 saturated carbocycles. The molecule has 0 saturated heterocycles. The molecule has 0 aliphatic rings. The lowest BCUT2D eigenvalue weighted by Gasteiger charge is -1.96. The average molecular weight is 231 g/mol. The van der Waals surface area contributed by atoms with Crippen LogP contribution >= 0.6 is 15.9 Å². The van der Waals surface area contributed by atoms with Crippen LogP contribution < -0.4 is 5.49 Å². The Hall–Kier alpha value is -1.10. The van der Waals surface area contributed by atoms with Crippen molar-refractivity contribution in [3.8, 4) is 0 Å². The maximum Gasteiger partial charge on any atom is 0.244 e. The minimum absolute atomic E-state index is 0.214. The van der Waals surface area contributed by atoms with E-state index >= 15 is 0 Å². The fourth-order valence-electron chi connectivity index (χ4n) is 0.706. The van der Waals surface area contributed by atoms with Gasteiger partial charge in [0.2, 0.25) is 5.91 Å². The number of aromatic nitrogens is 1. The third-order valence-electron chi connectivity index (χ3n) is 1.14. The molecule has 1 aromatic heterocycles. The van der Waals surface area contributed by atoms with E-state index in [-0.39, 0.29) is 11.4 Å². The zero-order valence-corrected chi connectivity index (χ0v) is 7.95. The number of hydrogen-bond donors (Lipinski definition) is 1. The second-order valence-electron chi connectivity index (χ2n) is 2.18. The second kappa shape index (κ2) is 3.53. The van der Waals surface area contributed by atoms with E-state index in [0.717, 1.165) is 4.73 Å². The summed E-state index contributed by atoms with van der Waals surface area (Å²) in [5.41, 5.74) is 0.214. The second-order valence-corrected chi connectivity index (χ2v) is 3.10. The topological polar surface area (TPSA) is 54.6 Å². The van der Waals surface area contributed by atoms with Gasteiger partial charge in [0, 0.05) is 11.4 Å². The van der Waals surface area contributed by atoms with Crippen LogP contribution in [0.15, 0.2) is 27.8 Å². The van der Waals surface area contributed by atoms with E-state index in [9.17, 15) is 10.0 Å². The van der Waals surface area contributed by atoms with Gasteiger partial charge in [-0.15, -0.1) is 0 Å². The predicted molar refractivity (Wildman–Crippen MR) is 45.6 cm³/mol. The summed E-state index contributed by atoms with van der Waals surface area (Å²) in [7, 11) is 0. The SMILES string of the molecule is CC(=O)N=c1ccc(Br)cn1O. The molecule has 0 radical (unpaired) electrons. The third kappa shape index (κ3) is 2.20. The third-order valence-corrected chi connectivity index (χ3v) is 1.61.